The smallest absolute Gasteiger partial charge is 0.117 e. The van der Waals surface area contributed by atoms with Gasteiger partial charge in [-0.25, -0.2) is 9.97 Å². The molecule has 8 rings (SSSR count). The first-order valence-electron chi connectivity index (χ1n) is 17.8. The van der Waals surface area contributed by atoms with E-state index in [0.717, 1.165) is 43.4 Å². The van der Waals surface area contributed by atoms with Crippen LogP contribution in [0.2, 0.25) is 0 Å². The highest BCUT2D eigenvalue weighted by Crippen LogP contribution is 2.36. The first kappa shape index (κ1) is 36.6. The molecule has 0 aliphatic rings. The SMILES string of the molecule is N/C(C#Cc1sc(C#C/C(=C(\N)C#Cc2cccs2)c2ccccc2)c2nc(-c3ccccc3)c(-c3ccccc3)nc12)=C(\C#Cc1cccs1)c1ccccc1. The van der Waals surface area contributed by atoms with E-state index in [1.807, 2.05) is 156 Å². The van der Waals surface area contributed by atoms with Gasteiger partial charge in [-0.05, 0) is 63.6 Å². The molecule has 0 saturated heterocycles. The second-order valence-electron chi connectivity index (χ2n) is 12.4. The van der Waals surface area contributed by atoms with Gasteiger partial charge in [0.2, 0.25) is 0 Å². The molecular formula is C50H30N4S3. The molecule has 0 aliphatic carbocycles. The van der Waals surface area contributed by atoms with Gasteiger partial charge in [0.15, 0.2) is 0 Å². The van der Waals surface area contributed by atoms with Crippen molar-refractivity contribution in [3.05, 3.63) is 198 Å². The molecule has 4 heterocycles. The second-order valence-corrected chi connectivity index (χ2v) is 15.3. The number of allylic oxidation sites excluding steroid dienone is 4. The van der Waals surface area contributed by atoms with Crippen LogP contribution in [0.3, 0.4) is 0 Å². The van der Waals surface area contributed by atoms with E-state index < -0.39 is 0 Å². The summed E-state index contributed by atoms with van der Waals surface area (Å²) in [5, 5.41) is 3.99. The first-order chi connectivity index (χ1) is 28.1. The molecule has 7 heteroatoms. The minimum Gasteiger partial charge on any atom is -0.391 e. The van der Waals surface area contributed by atoms with E-state index >= 15 is 0 Å². The van der Waals surface area contributed by atoms with Gasteiger partial charge in [-0.2, -0.15) is 0 Å². The molecule has 4 nitrogen and oxygen atoms in total. The van der Waals surface area contributed by atoms with E-state index in [4.69, 9.17) is 21.4 Å². The molecule has 0 saturated carbocycles. The molecule has 0 bridgehead atoms. The predicted octanol–water partition coefficient (Wildman–Crippen LogP) is 10.7. The van der Waals surface area contributed by atoms with Crippen LogP contribution in [0, 0.1) is 47.4 Å². The van der Waals surface area contributed by atoms with Crippen LogP contribution in [0.5, 0.6) is 0 Å². The first-order valence-corrected chi connectivity index (χ1v) is 20.4. The monoisotopic (exact) mass is 782 g/mol. The summed E-state index contributed by atoms with van der Waals surface area (Å²) in [7, 11) is 0. The molecule has 0 atom stereocenters. The molecule has 4 aromatic carbocycles. The normalized spacial score (nSPS) is 11.3. The highest BCUT2D eigenvalue weighted by atomic mass is 32.1. The minimum absolute atomic E-state index is 0.350. The Morgan fingerprint density at radius 1 is 0.421 bits per heavy atom. The molecule has 4 aromatic heterocycles. The van der Waals surface area contributed by atoms with Crippen molar-refractivity contribution in [2.45, 2.75) is 0 Å². The molecule has 268 valence electrons. The average Bonchev–Trinajstić information content (AvgIpc) is 4.06. The fourth-order valence-corrected chi connectivity index (χ4v) is 7.86. The maximum atomic E-state index is 6.78. The summed E-state index contributed by atoms with van der Waals surface area (Å²) in [4.78, 5) is 13.9. The van der Waals surface area contributed by atoms with Gasteiger partial charge < -0.3 is 11.5 Å². The van der Waals surface area contributed by atoms with Gasteiger partial charge in [0.1, 0.15) is 20.8 Å². The second kappa shape index (κ2) is 17.4. The van der Waals surface area contributed by atoms with Crippen molar-refractivity contribution in [1.82, 2.24) is 9.97 Å². The molecule has 57 heavy (non-hydrogen) atoms. The Balaban J connectivity index is 1.34. The largest absolute Gasteiger partial charge is 0.391 e. The van der Waals surface area contributed by atoms with Crippen molar-refractivity contribution in [1.29, 1.82) is 0 Å². The quantitative estimate of drug-likeness (QED) is 0.174. The van der Waals surface area contributed by atoms with Crippen molar-refractivity contribution in [2.75, 3.05) is 0 Å². The van der Waals surface area contributed by atoms with Gasteiger partial charge in [0.05, 0.1) is 43.7 Å². The number of nitrogens with zero attached hydrogens (tertiary/aromatic N) is 2. The summed E-state index contributed by atoms with van der Waals surface area (Å²) in [6.45, 7) is 0. The zero-order valence-electron chi connectivity index (χ0n) is 30.3. The molecule has 8 aromatic rings. The summed E-state index contributed by atoms with van der Waals surface area (Å²) in [6, 6.07) is 47.7. The third-order valence-electron chi connectivity index (χ3n) is 8.57. The van der Waals surface area contributed by atoms with Crippen molar-refractivity contribution in [2.24, 2.45) is 11.5 Å². The van der Waals surface area contributed by atoms with Gasteiger partial charge in [0, 0.05) is 11.1 Å². The third-order valence-corrected chi connectivity index (χ3v) is 11.1. The van der Waals surface area contributed by atoms with Crippen LogP contribution in [-0.2, 0) is 0 Å². The van der Waals surface area contributed by atoms with Crippen LogP contribution in [0.1, 0.15) is 30.6 Å². The molecule has 0 aliphatic heterocycles. The van der Waals surface area contributed by atoms with Crippen LogP contribution in [0.15, 0.2) is 168 Å². The number of nitrogens with two attached hydrogens (primary N) is 2. The van der Waals surface area contributed by atoms with Crippen LogP contribution >= 0.6 is 34.0 Å². The lowest BCUT2D eigenvalue weighted by molar-refractivity contribution is 1.30. The van der Waals surface area contributed by atoms with Gasteiger partial charge in [-0.15, -0.1) is 34.0 Å². The average molecular weight is 783 g/mol. The zero-order valence-corrected chi connectivity index (χ0v) is 32.7. The Hall–Kier alpha value is -7.36. The van der Waals surface area contributed by atoms with Gasteiger partial charge in [-0.1, -0.05) is 151 Å². The van der Waals surface area contributed by atoms with Crippen molar-refractivity contribution in [3.8, 4) is 69.9 Å². The van der Waals surface area contributed by atoms with Crippen molar-refractivity contribution < 1.29 is 0 Å². The van der Waals surface area contributed by atoms with Gasteiger partial charge in [-0.3, -0.25) is 0 Å². The number of hydrogen-bond donors (Lipinski definition) is 2. The van der Waals surface area contributed by atoms with Gasteiger partial charge in [0.25, 0.3) is 0 Å². The van der Waals surface area contributed by atoms with E-state index in [-0.39, 0.29) is 0 Å². The maximum Gasteiger partial charge on any atom is 0.117 e. The maximum absolute atomic E-state index is 6.78. The molecule has 4 N–H and O–H groups in total. The van der Waals surface area contributed by atoms with Gasteiger partial charge >= 0.3 is 0 Å². The summed E-state index contributed by atoms with van der Waals surface area (Å²) in [6.07, 6.45) is 0. The van der Waals surface area contributed by atoms with E-state index in [0.29, 0.717) is 43.3 Å². The lowest BCUT2D eigenvalue weighted by Crippen LogP contribution is -1.99. The molecule has 0 amide bonds. The third kappa shape index (κ3) is 8.64. The zero-order chi connectivity index (χ0) is 38.8. The lowest BCUT2D eigenvalue weighted by atomic mass is 10.0. The Morgan fingerprint density at radius 3 is 1.25 bits per heavy atom. The summed E-state index contributed by atoms with van der Waals surface area (Å²) < 4.78 is 0. The van der Waals surface area contributed by atoms with Crippen LogP contribution in [0.25, 0.3) is 44.7 Å². The number of aromatic nitrogens is 2. The molecule has 0 radical (unpaired) electrons. The fraction of sp³-hybridized carbons (Fsp3) is 0. The summed E-state index contributed by atoms with van der Waals surface area (Å²) in [5.74, 6) is 26.2. The Bertz CT molecular complexity index is 3010. The van der Waals surface area contributed by atoms with Crippen LogP contribution < -0.4 is 11.5 Å². The fourth-order valence-electron chi connectivity index (χ4n) is 5.84. The Labute approximate surface area is 343 Å². The number of hydrogen-bond acceptors (Lipinski definition) is 7. The number of rotatable bonds is 4. The van der Waals surface area contributed by atoms with Crippen molar-refractivity contribution in [3.63, 3.8) is 0 Å². The van der Waals surface area contributed by atoms with Crippen LogP contribution in [-0.4, -0.2) is 9.97 Å². The molecule has 0 fully saturated rings. The van der Waals surface area contributed by atoms with E-state index in [1.165, 1.54) is 11.3 Å². The summed E-state index contributed by atoms with van der Waals surface area (Å²) in [5.41, 5.74) is 21.8. The number of fused-ring (bicyclic) bond motifs is 1. The van der Waals surface area contributed by atoms with E-state index in [1.54, 1.807) is 22.7 Å². The van der Waals surface area contributed by atoms with E-state index in [9.17, 15) is 0 Å². The standard InChI is InChI=1S/C50H30N4S3/c51-43(29-26-40-24-14-34-56-40)42(36-17-7-2-8-18-36)28-31-45-49-50(54-48(38-21-11-4-12-22-38)47(53-49)37-19-9-3-10-20-37)46(57-45)32-30-44(52)41(35-15-5-1-6-16-35)27-25-39-23-13-33-55-39/h1-24,33-34H,51-52H2/b43-42+,44-41+. The topological polar surface area (TPSA) is 77.8 Å². The highest BCUT2D eigenvalue weighted by molar-refractivity contribution is 7.14. The highest BCUT2D eigenvalue weighted by Gasteiger charge is 2.19. The van der Waals surface area contributed by atoms with E-state index in [2.05, 4.69) is 47.4 Å². The van der Waals surface area contributed by atoms with Crippen LogP contribution in [0.4, 0.5) is 0 Å². The molecule has 0 spiro atoms. The molecular weight excluding hydrogens is 753 g/mol. The summed E-state index contributed by atoms with van der Waals surface area (Å²) >= 11 is 4.56. The number of thiophene rings is 3. The minimum atomic E-state index is 0.350. The Kier molecular flexibility index (Phi) is 11.2. The molecule has 0 unspecified atom stereocenters. The van der Waals surface area contributed by atoms with Crippen molar-refractivity contribution >= 4 is 56.2 Å². The lowest BCUT2D eigenvalue weighted by Gasteiger charge is -2.09. The number of benzene rings is 4. The Morgan fingerprint density at radius 2 is 0.807 bits per heavy atom. The predicted molar refractivity (Wildman–Crippen MR) is 240 cm³/mol.